The van der Waals surface area contributed by atoms with E-state index >= 15 is 0 Å². The number of carbonyl (C=O) groups is 1. The smallest absolute Gasteiger partial charge is 0.255 e. The van der Waals surface area contributed by atoms with Crippen molar-refractivity contribution in [1.82, 2.24) is 0 Å². The van der Waals surface area contributed by atoms with Gasteiger partial charge in [0.2, 0.25) is 5.90 Å². The van der Waals surface area contributed by atoms with Crippen molar-refractivity contribution in [1.29, 1.82) is 0 Å². The molecule has 0 saturated carbocycles. The van der Waals surface area contributed by atoms with Crippen LogP contribution in [-0.2, 0) is 4.74 Å². The number of halogens is 3. The molecule has 1 unspecified atom stereocenters. The summed E-state index contributed by atoms with van der Waals surface area (Å²) in [4.78, 5) is 16.6. The summed E-state index contributed by atoms with van der Waals surface area (Å²) in [6.45, 7) is 0.143. The molecule has 146 valence electrons. The number of rotatable bonds is 4. The molecule has 0 fully saturated rings. The van der Waals surface area contributed by atoms with Crippen LogP contribution in [-0.4, -0.2) is 18.4 Å². The summed E-state index contributed by atoms with van der Waals surface area (Å²) in [5, 5.41) is 2.67. The van der Waals surface area contributed by atoms with Crippen molar-refractivity contribution in [2.24, 2.45) is 4.99 Å². The fraction of sp³-hybridized carbons (Fsp3) is 0.0909. The first-order valence-electron chi connectivity index (χ1n) is 8.83. The molecule has 29 heavy (non-hydrogen) atoms. The van der Waals surface area contributed by atoms with Gasteiger partial charge in [-0.15, -0.1) is 0 Å². The van der Waals surface area contributed by atoms with Gasteiger partial charge in [0, 0.05) is 11.3 Å². The average molecular weight is 396 g/mol. The zero-order valence-corrected chi connectivity index (χ0v) is 15.0. The molecule has 3 aromatic rings. The zero-order valence-electron chi connectivity index (χ0n) is 15.0. The molecule has 1 N–H and O–H groups in total. The van der Waals surface area contributed by atoms with Crippen LogP contribution in [0.25, 0.3) is 0 Å². The highest BCUT2D eigenvalue weighted by Gasteiger charge is 2.26. The maximum absolute atomic E-state index is 13.9. The fourth-order valence-corrected chi connectivity index (χ4v) is 2.98. The lowest BCUT2D eigenvalue weighted by Crippen LogP contribution is -2.12. The molecule has 0 saturated heterocycles. The summed E-state index contributed by atoms with van der Waals surface area (Å²) < 4.78 is 46.2. The zero-order chi connectivity index (χ0) is 20.4. The molecule has 0 aromatic heterocycles. The Morgan fingerprint density at radius 2 is 1.59 bits per heavy atom. The van der Waals surface area contributed by atoms with Crippen LogP contribution in [0.1, 0.15) is 27.5 Å². The first-order valence-corrected chi connectivity index (χ1v) is 8.83. The van der Waals surface area contributed by atoms with Crippen LogP contribution in [0.3, 0.4) is 0 Å². The van der Waals surface area contributed by atoms with Gasteiger partial charge in [-0.1, -0.05) is 18.2 Å². The molecule has 0 aliphatic carbocycles. The Morgan fingerprint density at radius 3 is 2.24 bits per heavy atom. The van der Waals surface area contributed by atoms with Gasteiger partial charge in [0.25, 0.3) is 5.91 Å². The quantitative estimate of drug-likeness (QED) is 0.684. The number of aliphatic imine (C=N–C) groups is 1. The van der Waals surface area contributed by atoms with Crippen LogP contribution < -0.4 is 5.32 Å². The Bertz CT molecular complexity index is 1060. The van der Waals surface area contributed by atoms with Crippen LogP contribution in [0.15, 0.2) is 71.7 Å². The lowest BCUT2D eigenvalue weighted by Gasteiger charge is -2.08. The minimum atomic E-state index is -0.739. The van der Waals surface area contributed by atoms with E-state index in [1.807, 2.05) is 0 Å². The van der Waals surface area contributed by atoms with Crippen molar-refractivity contribution in [3.8, 4) is 0 Å². The molecule has 1 atom stereocenters. The molecule has 0 radical (unpaired) electrons. The molecular weight excluding hydrogens is 381 g/mol. The van der Waals surface area contributed by atoms with E-state index in [-0.39, 0.29) is 29.8 Å². The Kier molecular flexibility index (Phi) is 5.03. The van der Waals surface area contributed by atoms with E-state index in [1.54, 1.807) is 24.3 Å². The second kappa shape index (κ2) is 7.79. The number of amides is 1. The monoisotopic (exact) mass is 396 g/mol. The molecule has 0 spiro atoms. The Hall–Kier alpha value is -3.61. The first kappa shape index (κ1) is 18.7. The Balaban J connectivity index is 1.49. The lowest BCUT2D eigenvalue weighted by atomic mass is 10.1. The van der Waals surface area contributed by atoms with E-state index in [4.69, 9.17) is 4.74 Å². The van der Waals surface area contributed by atoms with Crippen molar-refractivity contribution < 1.29 is 22.7 Å². The SMILES string of the molecule is O=C(Nc1ccc(F)cc1)c1ccc(C2COC(c3c(F)cccc3F)=N2)cc1. The minimum Gasteiger partial charge on any atom is -0.475 e. The fourth-order valence-electron chi connectivity index (χ4n) is 2.98. The number of hydrogen-bond donors (Lipinski definition) is 1. The van der Waals surface area contributed by atoms with E-state index in [2.05, 4.69) is 10.3 Å². The van der Waals surface area contributed by atoms with Crippen LogP contribution in [0.5, 0.6) is 0 Å². The van der Waals surface area contributed by atoms with Crippen molar-refractivity contribution in [3.05, 3.63) is 101 Å². The molecule has 1 aliphatic heterocycles. The van der Waals surface area contributed by atoms with Gasteiger partial charge in [0.15, 0.2) is 0 Å². The second-order valence-electron chi connectivity index (χ2n) is 6.44. The van der Waals surface area contributed by atoms with Gasteiger partial charge in [-0.3, -0.25) is 4.79 Å². The number of nitrogens with zero attached hydrogens (tertiary/aromatic N) is 1. The topological polar surface area (TPSA) is 50.7 Å². The lowest BCUT2D eigenvalue weighted by molar-refractivity contribution is 0.102. The van der Waals surface area contributed by atoms with E-state index in [9.17, 15) is 18.0 Å². The summed E-state index contributed by atoms with van der Waals surface area (Å²) in [7, 11) is 0. The van der Waals surface area contributed by atoms with E-state index in [0.29, 0.717) is 11.3 Å². The molecule has 7 heteroatoms. The maximum atomic E-state index is 13.9. The van der Waals surface area contributed by atoms with Crippen molar-refractivity contribution in [2.45, 2.75) is 6.04 Å². The van der Waals surface area contributed by atoms with Gasteiger partial charge < -0.3 is 10.1 Å². The van der Waals surface area contributed by atoms with Crippen LogP contribution in [0.2, 0.25) is 0 Å². The predicted molar refractivity (Wildman–Crippen MR) is 102 cm³/mol. The standard InChI is InChI=1S/C22H15F3N2O2/c23-15-8-10-16(11-9-15)26-21(28)14-6-4-13(5-7-14)19-12-29-22(27-19)20-17(24)2-1-3-18(20)25/h1-11,19H,12H2,(H,26,28). The first-order chi connectivity index (χ1) is 14.0. The van der Waals surface area contributed by atoms with Crippen LogP contribution in [0.4, 0.5) is 18.9 Å². The van der Waals surface area contributed by atoms with E-state index < -0.39 is 17.7 Å². The molecule has 4 nitrogen and oxygen atoms in total. The maximum Gasteiger partial charge on any atom is 0.255 e. The summed E-state index contributed by atoms with van der Waals surface area (Å²) in [5.41, 5.74) is 1.34. The highest BCUT2D eigenvalue weighted by atomic mass is 19.1. The molecule has 1 heterocycles. The normalized spacial score (nSPS) is 15.6. The van der Waals surface area contributed by atoms with E-state index in [1.165, 1.54) is 30.3 Å². The molecule has 3 aromatic carbocycles. The second-order valence-corrected chi connectivity index (χ2v) is 6.44. The third-order valence-corrected chi connectivity index (χ3v) is 4.49. The summed E-state index contributed by atoms with van der Waals surface area (Å²) in [6.07, 6.45) is 0. The highest BCUT2D eigenvalue weighted by molar-refractivity contribution is 6.04. The molecule has 1 amide bonds. The minimum absolute atomic E-state index is 0.0799. The number of ether oxygens (including phenoxy) is 1. The average Bonchev–Trinajstić information content (AvgIpc) is 3.19. The van der Waals surface area contributed by atoms with Crippen LogP contribution in [0, 0.1) is 17.5 Å². The molecule has 1 aliphatic rings. The number of anilines is 1. The number of benzene rings is 3. The summed E-state index contributed by atoms with van der Waals surface area (Å²) in [6, 6.07) is 15.2. The van der Waals surface area contributed by atoms with Gasteiger partial charge in [-0.25, -0.2) is 18.2 Å². The van der Waals surface area contributed by atoms with Gasteiger partial charge in [-0.2, -0.15) is 0 Å². The predicted octanol–water partition coefficient (Wildman–Crippen LogP) is 4.87. The number of nitrogens with one attached hydrogen (secondary N) is 1. The van der Waals surface area contributed by atoms with Crippen molar-refractivity contribution in [3.63, 3.8) is 0 Å². The molecular formula is C22H15F3N2O2. The molecule has 0 bridgehead atoms. The van der Waals surface area contributed by atoms with Crippen molar-refractivity contribution >= 4 is 17.5 Å². The highest BCUT2D eigenvalue weighted by Crippen LogP contribution is 2.27. The molecule has 4 rings (SSSR count). The van der Waals surface area contributed by atoms with Crippen LogP contribution >= 0.6 is 0 Å². The van der Waals surface area contributed by atoms with Gasteiger partial charge in [-0.05, 0) is 54.1 Å². The third kappa shape index (κ3) is 3.99. The third-order valence-electron chi connectivity index (χ3n) is 4.49. The number of hydrogen-bond acceptors (Lipinski definition) is 3. The van der Waals surface area contributed by atoms with Gasteiger partial charge in [0.05, 0.1) is 0 Å². The summed E-state index contributed by atoms with van der Waals surface area (Å²) >= 11 is 0. The van der Waals surface area contributed by atoms with Gasteiger partial charge >= 0.3 is 0 Å². The largest absolute Gasteiger partial charge is 0.475 e. The van der Waals surface area contributed by atoms with Crippen molar-refractivity contribution in [2.75, 3.05) is 11.9 Å². The number of carbonyl (C=O) groups excluding carboxylic acids is 1. The van der Waals surface area contributed by atoms with E-state index in [0.717, 1.165) is 17.7 Å². The van der Waals surface area contributed by atoms with Gasteiger partial charge in [0.1, 0.15) is 35.7 Å². The Labute approximate surface area is 164 Å². The Morgan fingerprint density at radius 1 is 0.931 bits per heavy atom. The summed E-state index contributed by atoms with van der Waals surface area (Å²) in [5.74, 6) is -2.29.